The van der Waals surface area contributed by atoms with Gasteiger partial charge >= 0.3 is 120 Å². The minimum atomic E-state index is -0.880. The van der Waals surface area contributed by atoms with Crippen LogP contribution in [0.2, 0.25) is 0 Å². The van der Waals surface area contributed by atoms with Gasteiger partial charge in [0.1, 0.15) is 0 Å². The van der Waals surface area contributed by atoms with E-state index in [2.05, 4.69) is 28.0 Å². The van der Waals surface area contributed by atoms with Crippen molar-refractivity contribution in [1.29, 1.82) is 0 Å². The van der Waals surface area contributed by atoms with Gasteiger partial charge in [0, 0.05) is 0 Å². The van der Waals surface area contributed by atoms with Gasteiger partial charge in [-0.1, -0.05) is 0 Å². The topological polar surface area (TPSA) is 94.7 Å². The van der Waals surface area contributed by atoms with Gasteiger partial charge in [-0.25, -0.2) is 0 Å². The third-order valence-electron chi connectivity index (χ3n) is 0.510. The van der Waals surface area contributed by atoms with Gasteiger partial charge in [0.15, 0.2) is 0 Å². The molecular formula is CH6I3N4O6-. The molecule has 0 spiro atoms. The van der Waals surface area contributed by atoms with Crippen LogP contribution in [-0.4, -0.2) is 12.4 Å². The van der Waals surface area contributed by atoms with Crippen molar-refractivity contribution in [3.63, 3.8) is 0 Å². The summed E-state index contributed by atoms with van der Waals surface area (Å²) in [5, 5.41) is 0.537. The van der Waals surface area contributed by atoms with Gasteiger partial charge in [-0.2, -0.15) is 0 Å². The van der Waals surface area contributed by atoms with E-state index in [-0.39, 0.29) is 0 Å². The number of hydrogen-bond acceptors (Lipinski definition) is 10. The molecule has 0 fully saturated rings. The van der Waals surface area contributed by atoms with Gasteiger partial charge in [-0.15, -0.1) is 0 Å². The van der Waals surface area contributed by atoms with Crippen molar-refractivity contribution < 1.29 is 44.6 Å². The van der Waals surface area contributed by atoms with Gasteiger partial charge in [-0.05, 0) is 0 Å². The van der Waals surface area contributed by atoms with Crippen molar-refractivity contribution in [3.05, 3.63) is 0 Å². The average Bonchev–Trinajstić information content (AvgIpc) is 2.22. The molecule has 0 saturated carbocycles. The predicted octanol–water partition coefficient (Wildman–Crippen LogP) is -3.27. The molecule has 88 valence electrons. The molecule has 0 aromatic rings. The molecule has 13 heteroatoms. The fourth-order valence-electron chi connectivity index (χ4n) is 0.207. The molecule has 0 aromatic carbocycles. The Hall–Kier alpha value is 1.79. The first-order chi connectivity index (χ1) is 6.85. The van der Waals surface area contributed by atoms with E-state index < -0.39 is 22.0 Å². The van der Waals surface area contributed by atoms with Gasteiger partial charge < -0.3 is 0 Å². The summed E-state index contributed by atoms with van der Waals surface area (Å²) in [5.74, 6) is 0. The SMILES string of the molecule is CNONON(OI)ONO[I-]OI. The normalized spacial score (nSPS) is 11.4. The van der Waals surface area contributed by atoms with E-state index in [1.807, 2.05) is 11.3 Å². The van der Waals surface area contributed by atoms with Gasteiger partial charge in [0.25, 0.3) is 0 Å². The standard InChI is InChI=1S/CH6I3N4O6/c1-5-12-7-14-8(10-3)13-6-11-4-9-2/h5-7H,1H3/q-1. The first-order valence-corrected chi connectivity index (χ1v) is 6.21. The summed E-state index contributed by atoms with van der Waals surface area (Å²) in [6.45, 7) is 0. The predicted molar refractivity (Wildman–Crippen MR) is 51.7 cm³/mol. The Morgan fingerprint density at radius 1 is 1.21 bits per heavy atom. The molecule has 0 unspecified atom stereocenters. The Bertz CT molecular complexity index is 121. The number of halogens is 3. The monoisotopic (exact) mass is 551 g/mol. The van der Waals surface area contributed by atoms with Crippen LogP contribution in [0.1, 0.15) is 0 Å². The summed E-state index contributed by atoms with van der Waals surface area (Å²) in [5.41, 5.74) is 6.29. The second-order valence-corrected chi connectivity index (χ2v) is 4.91. The number of hydrogen-bond donors (Lipinski definition) is 3. The van der Waals surface area contributed by atoms with E-state index in [1.54, 1.807) is 23.0 Å². The van der Waals surface area contributed by atoms with Crippen molar-refractivity contribution >= 4 is 46.0 Å². The number of rotatable bonds is 10. The molecule has 0 saturated heterocycles. The fraction of sp³-hybridized carbons (Fsp3) is 1.00. The zero-order chi connectivity index (χ0) is 10.6. The fourth-order valence-corrected chi connectivity index (χ4v) is 1.05. The average molecular weight is 551 g/mol. The molecule has 0 atom stereocenters. The van der Waals surface area contributed by atoms with Crippen LogP contribution in [0.25, 0.3) is 0 Å². The molecule has 0 aromatic heterocycles. The third-order valence-corrected chi connectivity index (χ3v) is 2.24. The summed E-state index contributed by atoms with van der Waals surface area (Å²) in [4.78, 5) is 13.4. The summed E-state index contributed by atoms with van der Waals surface area (Å²) < 4.78 is 13.8. The van der Waals surface area contributed by atoms with Gasteiger partial charge in [-0.3, -0.25) is 0 Å². The molecule has 0 aliphatic rings. The summed E-state index contributed by atoms with van der Waals surface area (Å²) >= 11 is 2.31. The van der Waals surface area contributed by atoms with Gasteiger partial charge in [0.05, 0.1) is 0 Å². The van der Waals surface area contributed by atoms with Crippen LogP contribution in [0.5, 0.6) is 0 Å². The van der Waals surface area contributed by atoms with Crippen LogP contribution in [0.15, 0.2) is 0 Å². The molecule has 3 N–H and O–H groups in total. The number of nitrogens with zero attached hydrogens (tertiary/aromatic N) is 1. The van der Waals surface area contributed by atoms with E-state index in [0.29, 0.717) is 5.39 Å². The zero-order valence-electron chi connectivity index (χ0n) is 6.53. The van der Waals surface area contributed by atoms with Crippen LogP contribution in [0.4, 0.5) is 0 Å². The van der Waals surface area contributed by atoms with E-state index >= 15 is 0 Å². The van der Waals surface area contributed by atoms with Gasteiger partial charge in [0.2, 0.25) is 0 Å². The molecule has 14 heavy (non-hydrogen) atoms. The second kappa shape index (κ2) is 12.9. The molecule has 0 aliphatic carbocycles. The zero-order valence-corrected chi connectivity index (χ0v) is 13.0. The first kappa shape index (κ1) is 15.8. The molecule has 0 amide bonds. The summed E-state index contributed by atoms with van der Waals surface area (Å²) in [6.07, 6.45) is 0. The van der Waals surface area contributed by atoms with E-state index in [1.165, 1.54) is 30.1 Å². The molecule has 0 heterocycles. The maximum atomic E-state index is 4.64. The molecule has 0 rings (SSSR count). The quantitative estimate of drug-likeness (QED) is 0.146. The van der Waals surface area contributed by atoms with Crippen molar-refractivity contribution in [2.75, 3.05) is 7.05 Å². The molecule has 0 radical (unpaired) electrons. The molecule has 10 nitrogen and oxygen atoms in total. The van der Waals surface area contributed by atoms with Crippen molar-refractivity contribution in [1.82, 2.24) is 22.2 Å². The second-order valence-electron chi connectivity index (χ2n) is 1.15. The van der Waals surface area contributed by atoms with Crippen LogP contribution in [0, 0.1) is 0 Å². The van der Waals surface area contributed by atoms with E-state index in [4.69, 9.17) is 0 Å². The van der Waals surface area contributed by atoms with E-state index in [0.717, 1.165) is 0 Å². The van der Waals surface area contributed by atoms with Crippen molar-refractivity contribution in [3.8, 4) is 0 Å². The van der Waals surface area contributed by atoms with Crippen molar-refractivity contribution in [2.45, 2.75) is 0 Å². The minimum absolute atomic E-state index is 0.537. The van der Waals surface area contributed by atoms with Crippen LogP contribution >= 0.6 is 46.0 Å². The maximum absolute atomic E-state index is 4.64. The Kier molecular flexibility index (Phi) is 14.5. The van der Waals surface area contributed by atoms with Crippen molar-refractivity contribution in [2.24, 2.45) is 0 Å². The Labute approximate surface area is 119 Å². The molecule has 0 aliphatic heterocycles. The van der Waals surface area contributed by atoms with E-state index in [9.17, 15) is 0 Å². The van der Waals surface area contributed by atoms with Crippen LogP contribution in [-0.2, 0) is 22.5 Å². The third kappa shape index (κ3) is 10.3. The number of nitrogens with one attached hydrogen (secondary N) is 3. The molecule has 0 bridgehead atoms. The molecular weight excluding hydrogens is 545 g/mol. The Balaban J connectivity index is 3.28. The Morgan fingerprint density at radius 2 is 1.93 bits per heavy atom. The Morgan fingerprint density at radius 3 is 2.50 bits per heavy atom. The van der Waals surface area contributed by atoms with Crippen LogP contribution in [0.3, 0.4) is 0 Å². The van der Waals surface area contributed by atoms with Crippen LogP contribution < -0.4 is 38.8 Å². The summed E-state index contributed by atoms with van der Waals surface area (Å²) in [7, 11) is 1.52. The summed E-state index contributed by atoms with van der Waals surface area (Å²) in [6, 6.07) is 0. The number of hydroxylamine groups is 1. The first-order valence-electron chi connectivity index (χ1n) is 2.69.